The molecule has 0 amide bonds. The Morgan fingerprint density at radius 1 is 1.57 bits per heavy atom. The molecule has 0 saturated carbocycles. The highest BCUT2D eigenvalue weighted by Crippen LogP contribution is 2.04. The molecule has 0 N–H and O–H groups in total. The molecule has 2 aromatic rings. The molecule has 6 heteroatoms. The van der Waals surface area contributed by atoms with Gasteiger partial charge in [0.1, 0.15) is 5.82 Å². The monoisotopic (exact) mass is 210 g/mol. The molecular weight excluding hydrogens is 200 g/mol. The summed E-state index contributed by atoms with van der Waals surface area (Å²) in [5.74, 6) is 0.722. The number of aromatic nitrogens is 4. The van der Waals surface area contributed by atoms with Gasteiger partial charge in [-0.1, -0.05) is 0 Å². The molecule has 0 saturated heterocycles. The van der Waals surface area contributed by atoms with Crippen molar-refractivity contribution in [2.45, 2.75) is 13.5 Å². The summed E-state index contributed by atoms with van der Waals surface area (Å²) in [6.07, 6.45) is 1.72. The van der Waals surface area contributed by atoms with Crippen LogP contribution in [0.1, 0.15) is 10.7 Å². The Hall–Kier alpha value is -1.43. The van der Waals surface area contributed by atoms with Crippen molar-refractivity contribution in [3.8, 4) is 0 Å². The van der Waals surface area contributed by atoms with Crippen molar-refractivity contribution in [3.63, 3.8) is 0 Å². The van der Waals surface area contributed by atoms with Crippen molar-refractivity contribution < 1.29 is 0 Å². The van der Waals surface area contributed by atoms with Crippen LogP contribution in [0.25, 0.3) is 0 Å². The maximum absolute atomic E-state index is 11.6. The van der Waals surface area contributed by atoms with Crippen molar-refractivity contribution in [3.05, 3.63) is 33.4 Å². The fraction of sp³-hybridized carbons (Fsp3) is 0.375. The molecular formula is C8H10N4OS. The zero-order valence-corrected chi connectivity index (χ0v) is 8.78. The summed E-state index contributed by atoms with van der Waals surface area (Å²) in [6, 6.07) is 1.89. The van der Waals surface area contributed by atoms with E-state index in [1.807, 2.05) is 13.0 Å². The molecule has 0 aliphatic rings. The zero-order chi connectivity index (χ0) is 10.1. The first-order valence-electron chi connectivity index (χ1n) is 4.18. The smallest absolute Gasteiger partial charge is 0.282 e. The van der Waals surface area contributed by atoms with Crippen molar-refractivity contribution in [2.75, 3.05) is 0 Å². The highest BCUT2D eigenvalue weighted by Gasteiger charge is 2.06. The Balaban J connectivity index is 2.35. The number of aryl methyl sites for hydroxylation is 1. The van der Waals surface area contributed by atoms with Crippen LogP contribution in [0.2, 0.25) is 0 Å². The van der Waals surface area contributed by atoms with Gasteiger partial charge in [-0.15, -0.1) is 0 Å². The molecule has 0 aliphatic carbocycles. The van der Waals surface area contributed by atoms with Crippen LogP contribution in [0.15, 0.2) is 17.1 Å². The van der Waals surface area contributed by atoms with Gasteiger partial charge in [0.05, 0.1) is 6.54 Å². The molecule has 2 heterocycles. The molecule has 0 atom stereocenters. The maximum atomic E-state index is 11.6. The van der Waals surface area contributed by atoms with Crippen LogP contribution in [-0.2, 0) is 13.6 Å². The summed E-state index contributed by atoms with van der Waals surface area (Å²) in [6.45, 7) is 2.32. The molecule has 74 valence electrons. The summed E-state index contributed by atoms with van der Waals surface area (Å²) in [7, 11) is 1.72. The Morgan fingerprint density at radius 2 is 2.36 bits per heavy atom. The molecule has 0 unspecified atom stereocenters. The first-order chi connectivity index (χ1) is 6.68. The van der Waals surface area contributed by atoms with Crippen LogP contribution in [0.4, 0.5) is 0 Å². The lowest BCUT2D eigenvalue weighted by atomic mass is 10.5. The second-order valence-corrected chi connectivity index (χ2v) is 3.94. The summed E-state index contributed by atoms with van der Waals surface area (Å²) in [5, 5.41) is 4.13. The van der Waals surface area contributed by atoms with E-state index in [1.165, 1.54) is 20.8 Å². The van der Waals surface area contributed by atoms with Gasteiger partial charge in [-0.05, 0) is 24.5 Å². The van der Waals surface area contributed by atoms with Gasteiger partial charge < -0.3 is 0 Å². The van der Waals surface area contributed by atoms with Crippen LogP contribution in [0, 0.1) is 6.92 Å². The summed E-state index contributed by atoms with van der Waals surface area (Å²) in [4.78, 5) is 12.6. The Kier molecular flexibility index (Phi) is 2.20. The van der Waals surface area contributed by atoms with Gasteiger partial charge in [-0.3, -0.25) is 4.57 Å². The van der Waals surface area contributed by atoms with Crippen LogP contribution < -0.4 is 5.69 Å². The average Bonchev–Trinajstić information content (AvgIpc) is 2.73. The highest BCUT2D eigenvalue weighted by molar-refractivity contribution is 7.05. The Bertz CT molecular complexity index is 482. The fourth-order valence-corrected chi connectivity index (χ4v) is 1.73. The van der Waals surface area contributed by atoms with Crippen molar-refractivity contribution in [1.82, 2.24) is 18.7 Å². The predicted octanol–water partition coefficient (Wildman–Crippen LogP) is 0.395. The quantitative estimate of drug-likeness (QED) is 0.720. The van der Waals surface area contributed by atoms with Gasteiger partial charge in [-0.2, -0.15) is 5.10 Å². The molecule has 2 aromatic heterocycles. The van der Waals surface area contributed by atoms with Gasteiger partial charge in [0, 0.05) is 18.1 Å². The number of hydrogen-bond acceptors (Lipinski definition) is 4. The lowest BCUT2D eigenvalue weighted by molar-refractivity contribution is 0.652. The van der Waals surface area contributed by atoms with Crippen molar-refractivity contribution in [2.24, 2.45) is 7.05 Å². The molecule has 0 bridgehead atoms. The lowest BCUT2D eigenvalue weighted by Gasteiger charge is -1.93. The van der Waals surface area contributed by atoms with E-state index in [4.69, 9.17) is 0 Å². The van der Waals surface area contributed by atoms with Gasteiger partial charge in [0.25, 0.3) is 0 Å². The van der Waals surface area contributed by atoms with Gasteiger partial charge in [0.2, 0.25) is 0 Å². The minimum Gasteiger partial charge on any atom is -0.282 e. The SMILES string of the molecule is Cc1nn(Cc2ccns2)c(=O)n1C. The molecule has 0 aliphatic heterocycles. The Labute approximate surface area is 84.8 Å². The third-order valence-corrected chi connectivity index (χ3v) is 2.78. The van der Waals surface area contributed by atoms with Crippen LogP contribution >= 0.6 is 11.5 Å². The van der Waals surface area contributed by atoms with E-state index < -0.39 is 0 Å². The molecule has 2 rings (SSSR count). The standard InChI is InChI=1S/C8H10N4OS/c1-6-10-12(8(13)11(6)2)5-7-3-4-9-14-7/h3-4H,5H2,1-2H3. The van der Waals surface area contributed by atoms with Crippen LogP contribution in [0.3, 0.4) is 0 Å². The van der Waals surface area contributed by atoms with E-state index in [0.29, 0.717) is 6.54 Å². The second-order valence-electron chi connectivity index (χ2n) is 3.03. The minimum atomic E-state index is -0.0871. The largest absolute Gasteiger partial charge is 0.345 e. The molecule has 0 aromatic carbocycles. The molecule has 0 spiro atoms. The van der Waals surface area contributed by atoms with E-state index in [9.17, 15) is 4.79 Å². The third kappa shape index (κ3) is 1.48. The zero-order valence-electron chi connectivity index (χ0n) is 7.97. The van der Waals surface area contributed by atoms with E-state index in [-0.39, 0.29) is 5.69 Å². The van der Waals surface area contributed by atoms with Crippen LogP contribution in [0.5, 0.6) is 0 Å². The molecule has 0 radical (unpaired) electrons. The van der Waals surface area contributed by atoms with Gasteiger partial charge in [-0.25, -0.2) is 13.8 Å². The first-order valence-corrected chi connectivity index (χ1v) is 4.96. The summed E-state index contributed by atoms with van der Waals surface area (Å²) in [5.41, 5.74) is -0.0871. The van der Waals surface area contributed by atoms with E-state index in [0.717, 1.165) is 10.7 Å². The predicted molar refractivity (Wildman–Crippen MR) is 53.4 cm³/mol. The topological polar surface area (TPSA) is 52.7 Å². The van der Waals surface area contributed by atoms with E-state index in [1.54, 1.807) is 13.2 Å². The maximum Gasteiger partial charge on any atom is 0.345 e. The van der Waals surface area contributed by atoms with Gasteiger partial charge >= 0.3 is 5.69 Å². The van der Waals surface area contributed by atoms with Crippen molar-refractivity contribution >= 4 is 11.5 Å². The summed E-state index contributed by atoms with van der Waals surface area (Å²) < 4.78 is 6.95. The van der Waals surface area contributed by atoms with E-state index in [2.05, 4.69) is 9.47 Å². The van der Waals surface area contributed by atoms with Crippen molar-refractivity contribution in [1.29, 1.82) is 0 Å². The third-order valence-electron chi connectivity index (χ3n) is 2.06. The second kappa shape index (κ2) is 3.38. The number of hydrogen-bond donors (Lipinski definition) is 0. The molecule has 5 nitrogen and oxygen atoms in total. The Morgan fingerprint density at radius 3 is 2.86 bits per heavy atom. The number of nitrogens with zero attached hydrogens (tertiary/aromatic N) is 4. The van der Waals surface area contributed by atoms with E-state index >= 15 is 0 Å². The average molecular weight is 210 g/mol. The fourth-order valence-electron chi connectivity index (χ4n) is 1.17. The van der Waals surface area contributed by atoms with Gasteiger partial charge in [0.15, 0.2) is 0 Å². The summed E-state index contributed by atoms with van der Waals surface area (Å²) >= 11 is 1.38. The first kappa shape index (κ1) is 9.14. The molecule has 0 fully saturated rings. The normalized spacial score (nSPS) is 10.7. The van der Waals surface area contributed by atoms with Crippen LogP contribution in [-0.4, -0.2) is 18.7 Å². The number of rotatable bonds is 2. The lowest BCUT2D eigenvalue weighted by Crippen LogP contribution is -2.23. The highest BCUT2D eigenvalue weighted by atomic mass is 32.1. The molecule has 14 heavy (non-hydrogen) atoms. The minimum absolute atomic E-state index is 0.0871.